The average molecular weight is 1030 g/mol. The van der Waals surface area contributed by atoms with Crippen molar-refractivity contribution in [3.05, 3.63) is 93.0 Å². The Kier molecular flexibility index (Phi) is 27.1. The van der Waals surface area contributed by atoms with Gasteiger partial charge in [-0.2, -0.15) is 0 Å². The third-order valence-corrected chi connectivity index (χ3v) is 10.2. The van der Waals surface area contributed by atoms with Gasteiger partial charge in [0.05, 0.1) is 70.9 Å². The Labute approximate surface area is 417 Å². The van der Waals surface area contributed by atoms with Gasteiger partial charge in [-0.05, 0) is 48.5 Å². The number of rotatable bonds is 24. The Bertz CT molecular complexity index is 2010. The van der Waals surface area contributed by atoms with Crippen LogP contribution in [-0.4, -0.2) is 169 Å². The molecular formula is C44H60Cl4N8O12. The van der Waals surface area contributed by atoms with Crippen molar-refractivity contribution in [1.82, 2.24) is 21.3 Å². The molecule has 0 radical (unpaired) electrons. The van der Waals surface area contributed by atoms with Crippen molar-refractivity contribution in [3.8, 4) is 23.0 Å². The number of carbonyl (C=O) groups excluding carboxylic acids is 4. The summed E-state index contributed by atoms with van der Waals surface area (Å²) < 4.78 is 0. The molecule has 0 saturated carbocycles. The minimum absolute atomic E-state index is 0. The van der Waals surface area contributed by atoms with Crippen LogP contribution >= 0.6 is 49.6 Å². The average Bonchev–Trinajstić information content (AvgIpc) is 3.29. The van der Waals surface area contributed by atoms with Gasteiger partial charge in [-0.15, -0.1) is 49.6 Å². The molecule has 2 aliphatic carbocycles. The molecular weight excluding hydrogens is 974 g/mol. The van der Waals surface area contributed by atoms with E-state index < -0.39 is 23.1 Å². The molecule has 6 rings (SSSR count). The lowest BCUT2D eigenvalue weighted by Gasteiger charge is -2.25. The van der Waals surface area contributed by atoms with Gasteiger partial charge >= 0.3 is 0 Å². The highest BCUT2D eigenvalue weighted by Crippen LogP contribution is 2.44. The van der Waals surface area contributed by atoms with Crippen molar-refractivity contribution in [2.45, 2.75) is 0 Å². The number of fused-ring (bicyclic) bond motifs is 4. The molecule has 0 amide bonds. The van der Waals surface area contributed by atoms with Crippen LogP contribution in [0.3, 0.4) is 0 Å². The number of nitrogens with one attached hydrogen (secondary N) is 8. The quantitative estimate of drug-likeness (QED) is 0.0301. The number of hydrogen-bond donors (Lipinski definition) is 16. The van der Waals surface area contributed by atoms with E-state index in [1.165, 1.54) is 24.3 Å². The zero-order valence-electron chi connectivity index (χ0n) is 36.8. The first-order valence-corrected chi connectivity index (χ1v) is 20.9. The van der Waals surface area contributed by atoms with E-state index in [-0.39, 0.29) is 144 Å². The van der Waals surface area contributed by atoms with Crippen molar-refractivity contribution in [1.29, 1.82) is 0 Å². The van der Waals surface area contributed by atoms with E-state index in [0.717, 1.165) is 0 Å². The predicted molar refractivity (Wildman–Crippen MR) is 269 cm³/mol. The SMILES string of the molecule is Cl.Cl.Cl.Cl.O=C1c2c(O)ccc(O)c2C(=O)c2c(NCCNCCO)ccc(NCCNCCO)c21.O=C1c2c(O)ccc(O)c2C(=O)c2c(NCCNCCO)ccc(NCCNCCO)c21. The Morgan fingerprint density at radius 1 is 0.279 bits per heavy atom. The Balaban J connectivity index is 0.000000642. The summed E-state index contributed by atoms with van der Waals surface area (Å²) in [6, 6.07) is 11.5. The predicted octanol–water partition coefficient (Wildman–Crippen LogP) is 1.41. The van der Waals surface area contributed by atoms with E-state index in [9.17, 15) is 39.6 Å². The second-order valence-electron chi connectivity index (χ2n) is 14.4. The zero-order valence-corrected chi connectivity index (χ0v) is 40.0. The molecule has 0 spiro atoms. The maximum absolute atomic E-state index is 13.4. The van der Waals surface area contributed by atoms with Crippen LogP contribution in [0.1, 0.15) is 63.7 Å². The number of carbonyl (C=O) groups is 4. The molecule has 0 atom stereocenters. The summed E-state index contributed by atoms with van der Waals surface area (Å²) in [6.45, 7) is 5.62. The molecule has 68 heavy (non-hydrogen) atoms. The van der Waals surface area contributed by atoms with Crippen LogP contribution in [-0.2, 0) is 0 Å². The minimum atomic E-state index is -0.559. The van der Waals surface area contributed by atoms with Crippen molar-refractivity contribution in [3.63, 3.8) is 0 Å². The molecule has 24 heteroatoms. The first kappa shape index (κ1) is 60.8. The van der Waals surface area contributed by atoms with Gasteiger partial charge in [-0.3, -0.25) is 19.2 Å². The van der Waals surface area contributed by atoms with Gasteiger partial charge in [-0.1, -0.05) is 0 Å². The number of aliphatic hydroxyl groups is 4. The van der Waals surface area contributed by atoms with Crippen LogP contribution in [0.2, 0.25) is 0 Å². The molecule has 0 fully saturated rings. The number of phenols is 4. The lowest BCUT2D eigenvalue weighted by molar-refractivity contribution is 0.0975. The number of aliphatic hydroxyl groups excluding tert-OH is 4. The summed E-state index contributed by atoms with van der Waals surface area (Å²) in [6.07, 6.45) is 0. The fraction of sp³-hybridized carbons (Fsp3) is 0.364. The van der Waals surface area contributed by atoms with Crippen molar-refractivity contribution < 1.29 is 60.0 Å². The van der Waals surface area contributed by atoms with Crippen molar-refractivity contribution in [2.24, 2.45) is 0 Å². The second-order valence-corrected chi connectivity index (χ2v) is 14.4. The summed E-state index contributed by atoms with van der Waals surface area (Å²) in [5.41, 5.74) is 1.36. The normalized spacial score (nSPS) is 11.7. The highest BCUT2D eigenvalue weighted by atomic mass is 35.5. The van der Waals surface area contributed by atoms with Crippen LogP contribution in [0.15, 0.2) is 48.5 Å². The van der Waals surface area contributed by atoms with Crippen LogP contribution < -0.4 is 42.5 Å². The lowest BCUT2D eigenvalue weighted by atomic mass is 9.81. The van der Waals surface area contributed by atoms with Gasteiger partial charge in [-0.25, -0.2) is 0 Å². The number of phenolic OH excluding ortho intramolecular Hbond substituents is 4. The van der Waals surface area contributed by atoms with Gasteiger partial charge in [0.25, 0.3) is 0 Å². The first-order chi connectivity index (χ1) is 31.0. The maximum atomic E-state index is 13.4. The molecule has 16 N–H and O–H groups in total. The topological polar surface area (TPSA) is 326 Å². The first-order valence-electron chi connectivity index (χ1n) is 20.9. The monoisotopic (exact) mass is 1030 g/mol. The van der Waals surface area contributed by atoms with Gasteiger partial charge in [0.15, 0.2) is 0 Å². The molecule has 4 aromatic carbocycles. The number of hydrogen-bond acceptors (Lipinski definition) is 20. The third kappa shape index (κ3) is 14.4. The Morgan fingerprint density at radius 2 is 0.471 bits per heavy atom. The van der Waals surface area contributed by atoms with E-state index in [0.29, 0.717) is 101 Å². The summed E-state index contributed by atoms with van der Waals surface area (Å²) in [5.74, 6) is -3.72. The standard InChI is InChI=1S/2C22H28N4O6.4ClH/c2*27-11-9-23-5-7-25-13-1-2-14(26-8-6-24-10-12-28)18-17(13)21(31)19-15(29)3-4-16(30)20(19)22(18)32;;;;/h2*1-4,23-30H,5-12H2;4*1H. The van der Waals surface area contributed by atoms with Gasteiger partial charge < -0.3 is 83.4 Å². The summed E-state index contributed by atoms with van der Waals surface area (Å²) in [5, 5.41) is 101. The zero-order chi connectivity index (χ0) is 46.2. The summed E-state index contributed by atoms with van der Waals surface area (Å²) >= 11 is 0. The van der Waals surface area contributed by atoms with Crippen LogP contribution in [0, 0.1) is 0 Å². The van der Waals surface area contributed by atoms with Crippen molar-refractivity contribution >= 4 is 95.5 Å². The molecule has 0 heterocycles. The Morgan fingerprint density at radius 3 is 0.647 bits per heavy atom. The number of benzene rings is 4. The highest BCUT2D eigenvalue weighted by Gasteiger charge is 2.39. The summed E-state index contributed by atoms with van der Waals surface area (Å²) in [4.78, 5) is 53.5. The smallest absolute Gasteiger partial charge is 0.200 e. The van der Waals surface area contributed by atoms with Crippen LogP contribution in [0.25, 0.3) is 0 Å². The van der Waals surface area contributed by atoms with E-state index in [2.05, 4.69) is 42.5 Å². The largest absolute Gasteiger partial charge is 0.507 e. The molecule has 4 aromatic rings. The number of aromatic hydroxyl groups is 4. The van der Waals surface area contributed by atoms with E-state index in [1.54, 1.807) is 24.3 Å². The molecule has 2 aliphatic rings. The van der Waals surface area contributed by atoms with Crippen LogP contribution in [0.4, 0.5) is 22.7 Å². The fourth-order valence-electron chi connectivity index (χ4n) is 7.28. The number of halogens is 4. The fourth-order valence-corrected chi connectivity index (χ4v) is 7.28. The van der Waals surface area contributed by atoms with E-state index in [4.69, 9.17) is 20.4 Å². The molecule has 376 valence electrons. The minimum Gasteiger partial charge on any atom is -0.507 e. The highest BCUT2D eigenvalue weighted by molar-refractivity contribution is 6.34. The molecule has 0 saturated heterocycles. The van der Waals surface area contributed by atoms with E-state index in [1.807, 2.05) is 0 Å². The molecule has 0 bridgehead atoms. The Hall–Kier alpha value is -5.20. The second kappa shape index (κ2) is 30.3. The number of ketones is 4. The lowest BCUT2D eigenvalue weighted by Crippen LogP contribution is -2.28. The number of anilines is 4. The molecule has 0 aliphatic heterocycles. The van der Waals surface area contributed by atoms with E-state index >= 15 is 0 Å². The van der Waals surface area contributed by atoms with Gasteiger partial charge in [0.2, 0.25) is 23.1 Å². The molecule has 0 unspecified atom stereocenters. The molecule has 20 nitrogen and oxygen atoms in total. The van der Waals surface area contributed by atoms with Crippen molar-refractivity contribution in [2.75, 3.05) is 126 Å². The molecule has 0 aromatic heterocycles. The van der Waals surface area contributed by atoms with Gasteiger partial charge in [0, 0.05) is 101 Å². The van der Waals surface area contributed by atoms with Crippen LogP contribution in [0.5, 0.6) is 23.0 Å². The summed E-state index contributed by atoms with van der Waals surface area (Å²) in [7, 11) is 0. The maximum Gasteiger partial charge on any atom is 0.200 e. The van der Waals surface area contributed by atoms with Gasteiger partial charge in [0.1, 0.15) is 23.0 Å². The third-order valence-electron chi connectivity index (χ3n) is 10.2.